The number of nitrogens with zero attached hydrogens (tertiary/aromatic N) is 3. The van der Waals surface area contributed by atoms with E-state index in [0.717, 1.165) is 25.6 Å². The Labute approximate surface area is 109 Å². The van der Waals surface area contributed by atoms with Crippen LogP contribution in [0.15, 0.2) is 4.99 Å². The molecular weight excluding hydrogens is 230 g/mol. The predicted molar refractivity (Wildman–Crippen MR) is 72.3 cm³/mol. The van der Waals surface area contributed by atoms with Crippen molar-refractivity contribution in [3.63, 3.8) is 0 Å². The molecule has 0 radical (unpaired) electrons. The molecule has 0 aromatic carbocycles. The number of guanidine groups is 1. The Kier molecular flexibility index (Phi) is 5.22. The first-order chi connectivity index (χ1) is 8.85. The minimum atomic E-state index is 0.634. The standard InChI is InChI=1S/C12H25N5O/c1-18-9-5-14-12(15-13)17-8-7-16-6-3-2-4-11(16)10-17/h11H,2-10,13H2,1H3,(H,14,15). The summed E-state index contributed by atoms with van der Waals surface area (Å²) in [5.41, 5.74) is 2.73. The molecule has 104 valence electrons. The normalized spacial score (nSPS) is 26.0. The summed E-state index contributed by atoms with van der Waals surface area (Å²) in [6, 6.07) is 0.675. The van der Waals surface area contributed by atoms with Gasteiger partial charge in [-0.15, -0.1) is 0 Å². The number of methoxy groups -OCH3 is 1. The van der Waals surface area contributed by atoms with Crippen molar-refractivity contribution in [3.8, 4) is 0 Å². The SMILES string of the molecule is COCCN=C(NN)N1CCN2CCCCC2C1. The number of piperazine rings is 1. The number of hydrogen-bond donors (Lipinski definition) is 2. The van der Waals surface area contributed by atoms with Crippen LogP contribution < -0.4 is 11.3 Å². The van der Waals surface area contributed by atoms with E-state index in [-0.39, 0.29) is 0 Å². The summed E-state index contributed by atoms with van der Waals surface area (Å²) in [5.74, 6) is 6.38. The first kappa shape index (κ1) is 13.6. The van der Waals surface area contributed by atoms with E-state index in [1.54, 1.807) is 7.11 Å². The quantitative estimate of drug-likeness (QED) is 0.237. The molecule has 2 saturated heterocycles. The Morgan fingerprint density at radius 3 is 3.06 bits per heavy atom. The van der Waals surface area contributed by atoms with Gasteiger partial charge in [0.05, 0.1) is 13.2 Å². The highest BCUT2D eigenvalue weighted by Crippen LogP contribution is 2.20. The van der Waals surface area contributed by atoms with Crippen molar-refractivity contribution in [3.05, 3.63) is 0 Å². The molecule has 2 rings (SSSR count). The molecule has 0 aromatic heterocycles. The van der Waals surface area contributed by atoms with Gasteiger partial charge in [-0.05, 0) is 19.4 Å². The maximum absolute atomic E-state index is 5.58. The van der Waals surface area contributed by atoms with E-state index in [9.17, 15) is 0 Å². The average molecular weight is 255 g/mol. The van der Waals surface area contributed by atoms with Crippen molar-refractivity contribution in [2.75, 3.05) is 46.4 Å². The van der Waals surface area contributed by atoms with E-state index < -0.39 is 0 Å². The number of nitrogens with one attached hydrogen (secondary N) is 1. The molecule has 1 atom stereocenters. The summed E-state index contributed by atoms with van der Waals surface area (Å²) in [6.07, 6.45) is 3.99. The van der Waals surface area contributed by atoms with E-state index in [1.165, 1.54) is 25.8 Å². The molecule has 2 fully saturated rings. The van der Waals surface area contributed by atoms with E-state index in [0.29, 0.717) is 19.2 Å². The molecule has 0 spiro atoms. The second-order valence-electron chi connectivity index (χ2n) is 4.97. The van der Waals surface area contributed by atoms with Crippen LogP contribution in [0.3, 0.4) is 0 Å². The second-order valence-corrected chi connectivity index (χ2v) is 4.97. The monoisotopic (exact) mass is 255 g/mol. The van der Waals surface area contributed by atoms with Crippen LogP contribution in [0.1, 0.15) is 19.3 Å². The number of piperidine rings is 1. The Morgan fingerprint density at radius 2 is 2.28 bits per heavy atom. The van der Waals surface area contributed by atoms with E-state index in [4.69, 9.17) is 10.6 Å². The number of ether oxygens (including phenoxy) is 1. The Hall–Kier alpha value is -0.850. The molecule has 0 saturated carbocycles. The summed E-state index contributed by atoms with van der Waals surface area (Å²) in [5, 5.41) is 0. The van der Waals surface area contributed by atoms with Gasteiger partial charge >= 0.3 is 0 Å². The van der Waals surface area contributed by atoms with Crippen LogP contribution in [0.2, 0.25) is 0 Å². The van der Waals surface area contributed by atoms with Crippen LogP contribution in [0.5, 0.6) is 0 Å². The minimum absolute atomic E-state index is 0.634. The molecular formula is C12H25N5O. The molecule has 0 amide bonds. The summed E-state index contributed by atoms with van der Waals surface area (Å²) in [4.78, 5) is 9.32. The number of fused-ring (bicyclic) bond motifs is 1. The zero-order valence-electron chi connectivity index (χ0n) is 11.3. The third-order valence-electron chi connectivity index (χ3n) is 3.82. The fourth-order valence-electron chi connectivity index (χ4n) is 2.83. The van der Waals surface area contributed by atoms with Gasteiger partial charge in [0.1, 0.15) is 0 Å². The third kappa shape index (κ3) is 3.34. The molecule has 0 aliphatic carbocycles. The van der Waals surface area contributed by atoms with Gasteiger partial charge in [0, 0.05) is 32.8 Å². The molecule has 6 nitrogen and oxygen atoms in total. The van der Waals surface area contributed by atoms with Crippen LogP contribution in [-0.2, 0) is 4.74 Å². The molecule has 2 aliphatic rings. The number of hydrazine groups is 1. The predicted octanol–water partition coefficient (Wildman–Crippen LogP) is -0.378. The van der Waals surface area contributed by atoms with Crippen molar-refractivity contribution < 1.29 is 4.74 Å². The van der Waals surface area contributed by atoms with Crippen LogP contribution >= 0.6 is 0 Å². The molecule has 2 aliphatic heterocycles. The largest absolute Gasteiger partial charge is 0.383 e. The van der Waals surface area contributed by atoms with Crippen molar-refractivity contribution in [2.45, 2.75) is 25.3 Å². The molecule has 3 N–H and O–H groups in total. The van der Waals surface area contributed by atoms with Gasteiger partial charge in [0.25, 0.3) is 0 Å². The molecule has 18 heavy (non-hydrogen) atoms. The number of aliphatic imine (C=N–C) groups is 1. The number of hydrogen-bond acceptors (Lipinski definition) is 4. The molecule has 6 heteroatoms. The van der Waals surface area contributed by atoms with Gasteiger partial charge in [0.15, 0.2) is 0 Å². The van der Waals surface area contributed by atoms with Crippen molar-refractivity contribution >= 4 is 5.96 Å². The van der Waals surface area contributed by atoms with Gasteiger partial charge in [-0.1, -0.05) is 6.42 Å². The summed E-state index contributed by atoms with van der Waals surface area (Å²) in [6.45, 7) is 5.71. The maximum Gasteiger partial charge on any atom is 0.208 e. The van der Waals surface area contributed by atoms with Crippen molar-refractivity contribution in [2.24, 2.45) is 10.8 Å². The highest BCUT2D eigenvalue weighted by atomic mass is 16.5. The van der Waals surface area contributed by atoms with Crippen LogP contribution in [0.25, 0.3) is 0 Å². The summed E-state index contributed by atoms with van der Waals surface area (Å²) >= 11 is 0. The topological polar surface area (TPSA) is 66.1 Å². The van der Waals surface area contributed by atoms with Gasteiger partial charge < -0.3 is 9.64 Å². The smallest absolute Gasteiger partial charge is 0.208 e. The fraction of sp³-hybridized carbons (Fsp3) is 0.917. The highest BCUT2D eigenvalue weighted by molar-refractivity contribution is 5.79. The first-order valence-corrected chi connectivity index (χ1v) is 6.84. The van der Waals surface area contributed by atoms with Gasteiger partial charge in [-0.3, -0.25) is 10.3 Å². The first-order valence-electron chi connectivity index (χ1n) is 6.84. The Balaban J connectivity index is 1.89. The average Bonchev–Trinajstić information content (AvgIpc) is 2.43. The fourth-order valence-corrected chi connectivity index (χ4v) is 2.83. The van der Waals surface area contributed by atoms with Crippen molar-refractivity contribution in [1.82, 2.24) is 15.2 Å². The lowest BCUT2D eigenvalue weighted by atomic mass is 10.00. The lowest BCUT2D eigenvalue weighted by Gasteiger charge is -2.44. The Morgan fingerprint density at radius 1 is 1.39 bits per heavy atom. The third-order valence-corrected chi connectivity index (χ3v) is 3.82. The van der Waals surface area contributed by atoms with Gasteiger partial charge in [-0.25, -0.2) is 10.8 Å². The van der Waals surface area contributed by atoms with Crippen molar-refractivity contribution in [1.29, 1.82) is 0 Å². The van der Waals surface area contributed by atoms with Gasteiger partial charge in [0.2, 0.25) is 5.96 Å². The van der Waals surface area contributed by atoms with E-state index in [2.05, 4.69) is 20.2 Å². The van der Waals surface area contributed by atoms with Crippen LogP contribution in [-0.4, -0.2) is 68.2 Å². The lowest BCUT2D eigenvalue weighted by molar-refractivity contribution is 0.0785. The molecule has 0 bridgehead atoms. The highest BCUT2D eigenvalue weighted by Gasteiger charge is 2.29. The molecule has 2 heterocycles. The number of rotatable bonds is 3. The van der Waals surface area contributed by atoms with Crippen LogP contribution in [0.4, 0.5) is 0 Å². The maximum atomic E-state index is 5.58. The minimum Gasteiger partial charge on any atom is -0.383 e. The molecule has 1 unspecified atom stereocenters. The summed E-state index contributed by atoms with van der Waals surface area (Å²) < 4.78 is 5.01. The van der Waals surface area contributed by atoms with E-state index >= 15 is 0 Å². The Bertz CT molecular complexity index is 284. The second kappa shape index (κ2) is 6.92. The van der Waals surface area contributed by atoms with Gasteiger partial charge in [-0.2, -0.15) is 0 Å². The molecule has 0 aromatic rings. The lowest BCUT2D eigenvalue weighted by Crippen LogP contribution is -2.59. The van der Waals surface area contributed by atoms with E-state index in [1.807, 2.05) is 0 Å². The summed E-state index contributed by atoms with van der Waals surface area (Å²) in [7, 11) is 1.69. The number of nitrogens with two attached hydrogens (primary N) is 1. The van der Waals surface area contributed by atoms with Crippen LogP contribution in [0, 0.1) is 0 Å². The zero-order chi connectivity index (χ0) is 12.8. The zero-order valence-corrected chi connectivity index (χ0v) is 11.3.